The van der Waals surface area contributed by atoms with E-state index in [2.05, 4.69) is 4.74 Å². The fraction of sp³-hybridized carbons (Fsp3) is 0.364. The fourth-order valence-corrected chi connectivity index (χ4v) is 1.50. The Kier molecular flexibility index (Phi) is 4.61. The summed E-state index contributed by atoms with van der Waals surface area (Å²) in [6.45, 7) is -2.77. The van der Waals surface area contributed by atoms with Crippen molar-refractivity contribution in [3.8, 4) is 5.75 Å². The monoisotopic (exact) mass is 304 g/mol. The van der Waals surface area contributed by atoms with Crippen LogP contribution in [0.2, 0.25) is 0 Å². The van der Waals surface area contributed by atoms with E-state index in [0.29, 0.717) is 0 Å². The van der Waals surface area contributed by atoms with E-state index in [-0.39, 0.29) is 12.1 Å². The second kappa shape index (κ2) is 5.68. The SMILES string of the molecule is CC(=O)c1cc(OC(F)F)c(C(F)(F)F)cc1C(F)F. The van der Waals surface area contributed by atoms with Crippen LogP contribution >= 0.6 is 0 Å². The molecule has 0 aliphatic carbocycles. The number of ketones is 1. The summed E-state index contributed by atoms with van der Waals surface area (Å²) >= 11 is 0. The number of alkyl halides is 7. The van der Waals surface area contributed by atoms with E-state index in [4.69, 9.17) is 0 Å². The number of carbonyl (C=O) groups is 1. The molecular formula is C11H7F7O2. The van der Waals surface area contributed by atoms with Gasteiger partial charge in [-0.1, -0.05) is 0 Å². The second-order valence-corrected chi connectivity index (χ2v) is 3.67. The Morgan fingerprint density at radius 1 is 1.15 bits per heavy atom. The largest absolute Gasteiger partial charge is 0.434 e. The van der Waals surface area contributed by atoms with Crippen LogP contribution in [0, 0.1) is 0 Å². The molecule has 0 aromatic heterocycles. The molecule has 112 valence electrons. The van der Waals surface area contributed by atoms with Crippen molar-refractivity contribution in [2.75, 3.05) is 0 Å². The predicted octanol–water partition coefficient (Wildman–Crippen LogP) is 4.45. The number of carbonyl (C=O) groups excluding carboxylic acids is 1. The Hall–Kier alpha value is -1.80. The molecular weight excluding hydrogens is 297 g/mol. The molecule has 1 rings (SSSR count). The van der Waals surface area contributed by atoms with Gasteiger partial charge in [0.15, 0.2) is 5.78 Å². The standard InChI is InChI=1S/C11H7F7O2/c1-4(19)5-3-8(20-10(14)15)7(11(16,17)18)2-6(5)9(12)13/h2-3,9-10H,1H3. The summed E-state index contributed by atoms with van der Waals surface area (Å²) in [5.74, 6) is -2.37. The summed E-state index contributed by atoms with van der Waals surface area (Å²) in [6.07, 6.45) is -8.54. The molecule has 0 saturated carbocycles. The highest BCUT2D eigenvalue weighted by molar-refractivity contribution is 5.96. The normalized spacial score (nSPS) is 12.1. The molecule has 0 saturated heterocycles. The van der Waals surface area contributed by atoms with Crippen molar-refractivity contribution in [1.29, 1.82) is 0 Å². The zero-order valence-corrected chi connectivity index (χ0v) is 9.77. The lowest BCUT2D eigenvalue weighted by atomic mass is 10.00. The zero-order chi connectivity index (χ0) is 15.7. The molecule has 0 aliphatic rings. The van der Waals surface area contributed by atoms with Gasteiger partial charge in [-0.15, -0.1) is 0 Å². The van der Waals surface area contributed by atoms with Crippen LogP contribution in [0.1, 0.15) is 34.8 Å². The average molecular weight is 304 g/mol. The minimum Gasteiger partial charge on any atom is -0.434 e. The molecule has 0 atom stereocenters. The van der Waals surface area contributed by atoms with E-state index in [1.807, 2.05) is 0 Å². The molecule has 0 fully saturated rings. The number of halogens is 7. The molecule has 1 aromatic carbocycles. The Balaban J connectivity index is 3.56. The first-order chi connectivity index (χ1) is 9.04. The lowest BCUT2D eigenvalue weighted by molar-refractivity contribution is -0.142. The highest BCUT2D eigenvalue weighted by Gasteiger charge is 2.37. The van der Waals surface area contributed by atoms with Crippen molar-refractivity contribution < 1.29 is 40.3 Å². The van der Waals surface area contributed by atoms with Gasteiger partial charge in [0.05, 0.1) is 5.56 Å². The fourth-order valence-electron chi connectivity index (χ4n) is 1.50. The third kappa shape index (κ3) is 3.61. The predicted molar refractivity (Wildman–Crippen MR) is 53.0 cm³/mol. The summed E-state index contributed by atoms with van der Waals surface area (Å²) in [5, 5.41) is 0. The van der Waals surface area contributed by atoms with Crippen LogP contribution in [0.15, 0.2) is 12.1 Å². The zero-order valence-electron chi connectivity index (χ0n) is 9.77. The summed E-state index contributed by atoms with van der Waals surface area (Å²) < 4.78 is 90.9. The van der Waals surface area contributed by atoms with Crippen LogP contribution in [-0.4, -0.2) is 12.4 Å². The third-order valence-electron chi connectivity index (χ3n) is 2.29. The van der Waals surface area contributed by atoms with Crippen molar-refractivity contribution in [2.45, 2.75) is 26.1 Å². The maximum absolute atomic E-state index is 12.6. The van der Waals surface area contributed by atoms with Crippen LogP contribution in [-0.2, 0) is 6.18 Å². The molecule has 0 aliphatic heterocycles. The number of Topliss-reactive ketones (excluding diaryl/α,β-unsaturated/α-hetero) is 1. The van der Waals surface area contributed by atoms with Gasteiger partial charge in [0.25, 0.3) is 6.43 Å². The van der Waals surface area contributed by atoms with E-state index < -0.39 is 47.4 Å². The highest BCUT2D eigenvalue weighted by atomic mass is 19.4. The number of hydrogen-bond donors (Lipinski definition) is 0. The van der Waals surface area contributed by atoms with Gasteiger partial charge in [0.1, 0.15) is 5.75 Å². The minimum atomic E-state index is -5.18. The van der Waals surface area contributed by atoms with Gasteiger partial charge in [-0.25, -0.2) is 8.78 Å². The highest BCUT2D eigenvalue weighted by Crippen LogP contribution is 2.40. The quantitative estimate of drug-likeness (QED) is 0.607. The molecule has 9 heteroatoms. The van der Waals surface area contributed by atoms with Crippen molar-refractivity contribution >= 4 is 5.78 Å². The van der Waals surface area contributed by atoms with Gasteiger partial charge in [-0.05, 0) is 19.1 Å². The van der Waals surface area contributed by atoms with Gasteiger partial charge in [0.2, 0.25) is 0 Å². The summed E-state index contributed by atoms with van der Waals surface area (Å²) in [7, 11) is 0. The molecule has 0 amide bonds. The average Bonchev–Trinajstić information content (AvgIpc) is 2.25. The molecule has 0 unspecified atom stereocenters. The first kappa shape index (κ1) is 16.3. The lowest BCUT2D eigenvalue weighted by Gasteiger charge is -2.17. The molecule has 0 spiro atoms. The molecule has 20 heavy (non-hydrogen) atoms. The van der Waals surface area contributed by atoms with Crippen LogP contribution in [0.5, 0.6) is 5.75 Å². The Morgan fingerprint density at radius 2 is 1.70 bits per heavy atom. The van der Waals surface area contributed by atoms with Crippen molar-refractivity contribution in [3.05, 3.63) is 28.8 Å². The smallest absolute Gasteiger partial charge is 0.419 e. The molecule has 0 radical (unpaired) electrons. The first-order valence-corrected chi connectivity index (χ1v) is 5.03. The van der Waals surface area contributed by atoms with Gasteiger partial charge < -0.3 is 4.74 Å². The molecule has 1 aromatic rings. The number of benzene rings is 1. The summed E-state index contributed by atoms with van der Waals surface area (Å²) in [6, 6.07) is 0.192. The van der Waals surface area contributed by atoms with Gasteiger partial charge in [-0.2, -0.15) is 22.0 Å². The van der Waals surface area contributed by atoms with E-state index in [1.165, 1.54) is 0 Å². The first-order valence-electron chi connectivity index (χ1n) is 5.03. The number of ether oxygens (including phenoxy) is 1. The topological polar surface area (TPSA) is 26.3 Å². The van der Waals surface area contributed by atoms with Crippen molar-refractivity contribution in [3.63, 3.8) is 0 Å². The van der Waals surface area contributed by atoms with Gasteiger partial charge in [-0.3, -0.25) is 4.79 Å². The van der Waals surface area contributed by atoms with Crippen LogP contribution < -0.4 is 4.74 Å². The third-order valence-corrected chi connectivity index (χ3v) is 2.29. The second-order valence-electron chi connectivity index (χ2n) is 3.67. The van der Waals surface area contributed by atoms with E-state index in [0.717, 1.165) is 6.92 Å². The van der Waals surface area contributed by atoms with E-state index in [9.17, 15) is 35.5 Å². The lowest BCUT2D eigenvalue weighted by Crippen LogP contribution is -2.14. The molecule has 2 nitrogen and oxygen atoms in total. The van der Waals surface area contributed by atoms with E-state index in [1.54, 1.807) is 0 Å². The number of hydrogen-bond acceptors (Lipinski definition) is 2. The Labute approximate surface area is 108 Å². The summed E-state index contributed by atoms with van der Waals surface area (Å²) in [4.78, 5) is 11.1. The van der Waals surface area contributed by atoms with Crippen LogP contribution in [0.3, 0.4) is 0 Å². The maximum atomic E-state index is 12.6. The van der Waals surface area contributed by atoms with Crippen molar-refractivity contribution in [2.24, 2.45) is 0 Å². The summed E-state index contributed by atoms with van der Waals surface area (Å²) in [5.41, 5.74) is -3.78. The van der Waals surface area contributed by atoms with Crippen LogP contribution in [0.25, 0.3) is 0 Å². The Morgan fingerprint density at radius 3 is 2.05 bits per heavy atom. The van der Waals surface area contributed by atoms with Crippen LogP contribution in [0.4, 0.5) is 30.7 Å². The van der Waals surface area contributed by atoms with E-state index >= 15 is 0 Å². The van der Waals surface area contributed by atoms with Gasteiger partial charge in [0, 0.05) is 11.1 Å². The van der Waals surface area contributed by atoms with Gasteiger partial charge >= 0.3 is 12.8 Å². The number of rotatable bonds is 4. The Bertz CT molecular complexity index is 508. The molecule has 0 heterocycles. The van der Waals surface area contributed by atoms with Crippen molar-refractivity contribution in [1.82, 2.24) is 0 Å². The molecule has 0 N–H and O–H groups in total. The minimum absolute atomic E-state index is 0.0564. The molecule has 0 bridgehead atoms. The maximum Gasteiger partial charge on any atom is 0.419 e.